The van der Waals surface area contributed by atoms with E-state index in [2.05, 4.69) is 52.7 Å². The lowest BCUT2D eigenvalue weighted by Gasteiger charge is -2.34. The third kappa shape index (κ3) is 5.64. The Balaban J connectivity index is 1.48. The van der Waals surface area contributed by atoms with E-state index in [9.17, 15) is 0 Å². The Morgan fingerprint density at radius 3 is 2.61 bits per heavy atom. The van der Waals surface area contributed by atoms with Crippen LogP contribution in [-0.2, 0) is 6.54 Å². The van der Waals surface area contributed by atoms with Gasteiger partial charge >= 0.3 is 0 Å². The standard InChI is InChI=1S/C23H29N3O2/c1-27-22-10-9-19(17-23(22)28-16-6-5-13-24)18-25-20-11-14-26(15-12-20)21-7-3-2-4-8-21/h2-4,7-10,17,20,25H,5-6,11-12,14-16,18H2,1H3. The predicted octanol–water partition coefficient (Wildman–Crippen LogP) is 4.14. The summed E-state index contributed by atoms with van der Waals surface area (Å²) >= 11 is 0. The number of nitrogens with one attached hydrogen (secondary N) is 1. The molecule has 2 aromatic carbocycles. The van der Waals surface area contributed by atoms with Crippen molar-refractivity contribution >= 4 is 5.69 Å². The molecule has 0 spiro atoms. The van der Waals surface area contributed by atoms with Crippen LogP contribution in [0.2, 0.25) is 0 Å². The fourth-order valence-electron chi connectivity index (χ4n) is 3.52. The zero-order chi connectivity index (χ0) is 19.6. The maximum absolute atomic E-state index is 8.64. The molecular weight excluding hydrogens is 350 g/mol. The number of nitriles is 1. The van der Waals surface area contributed by atoms with Crippen molar-refractivity contribution in [3.63, 3.8) is 0 Å². The number of anilines is 1. The number of methoxy groups -OCH3 is 1. The van der Waals surface area contributed by atoms with E-state index in [1.54, 1.807) is 7.11 Å². The molecule has 3 rings (SSSR count). The van der Waals surface area contributed by atoms with Gasteiger partial charge in [0.2, 0.25) is 0 Å². The average molecular weight is 380 g/mol. The van der Waals surface area contributed by atoms with Crippen molar-refractivity contribution in [2.45, 2.75) is 38.3 Å². The van der Waals surface area contributed by atoms with Gasteiger partial charge in [0.1, 0.15) is 0 Å². The van der Waals surface area contributed by atoms with Crippen molar-refractivity contribution < 1.29 is 9.47 Å². The number of piperidine rings is 1. The number of ether oxygens (including phenoxy) is 2. The van der Waals surface area contributed by atoms with Crippen molar-refractivity contribution in [3.8, 4) is 17.6 Å². The molecule has 1 fully saturated rings. The minimum Gasteiger partial charge on any atom is -0.493 e. The Hall–Kier alpha value is -2.71. The van der Waals surface area contributed by atoms with E-state index >= 15 is 0 Å². The normalized spacial score (nSPS) is 14.5. The molecule has 0 aliphatic carbocycles. The van der Waals surface area contributed by atoms with Gasteiger partial charge < -0.3 is 19.7 Å². The molecule has 5 heteroatoms. The summed E-state index contributed by atoms with van der Waals surface area (Å²) in [6.07, 6.45) is 3.51. The monoisotopic (exact) mass is 379 g/mol. The molecule has 0 saturated carbocycles. The zero-order valence-corrected chi connectivity index (χ0v) is 16.6. The van der Waals surface area contributed by atoms with Gasteiger partial charge in [-0.2, -0.15) is 5.26 Å². The third-order valence-electron chi connectivity index (χ3n) is 5.13. The van der Waals surface area contributed by atoms with E-state index in [0.29, 0.717) is 19.1 Å². The summed E-state index contributed by atoms with van der Waals surface area (Å²) < 4.78 is 11.2. The van der Waals surface area contributed by atoms with Crippen molar-refractivity contribution in [1.82, 2.24) is 5.32 Å². The number of nitrogens with zero attached hydrogens (tertiary/aromatic N) is 2. The summed E-state index contributed by atoms with van der Waals surface area (Å²) in [7, 11) is 1.65. The molecule has 148 valence electrons. The molecule has 1 N–H and O–H groups in total. The lowest BCUT2D eigenvalue weighted by molar-refractivity contribution is 0.290. The molecule has 0 bridgehead atoms. The van der Waals surface area contributed by atoms with Gasteiger partial charge in [0.05, 0.1) is 19.8 Å². The smallest absolute Gasteiger partial charge is 0.161 e. The second-order valence-corrected chi connectivity index (χ2v) is 7.07. The number of rotatable bonds is 9. The molecule has 0 aromatic heterocycles. The largest absolute Gasteiger partial charge is 0.493 e. The van der Waals surface area contributed by atoms with Crippen molar-refractivity contribution in [2.24, 2.45) is 0 Å². The second kappa shape index (κ2) is 10.6. The van der Waals surface area contributed by atoms with Gasteiger partial charge in [0.15, 0.2) is 11.5 Å². The van der Waals surface area contributed by atoms with E-state index in [1.807, 2.05) is 12.1 Å². The maximum atomic E-state index is 8.64. The lowest BCUT2D eigenvalue weighted by Crippen LogP contribution is -2.42. The Labute approximate surface area is 167 Å². The molecule has 0 radical (unpaired) electrons. The van der Waals surface area contributed by atoms with Crippen molar-refractivity contribution in [2.75, 3.05) is 31.7 Å². The maximum Gasteiger partial charge on any atom is 0.161 e. The average Bonchev–Trinajstić information content (AvgIpc) is 2.76. The number of benzene rings is 2. The van der Waals surface area contributed by atoms with Crippen LogP contribution in [0.25, 0.3) is 0 Å². The second-order valence-electron chi connectivity index (χ2n) is 7.07. The van der Waals surface area contributed by atoms with Gasteiger partial charge in [-0.3, -0.25) is 0 Å². The molecule has 0 unspecified atom stereocenters. The molecular formula is C23H29N3O2. The van der Waals surface area contributed by atoms with Gasteiger partial charge in [-0.1, -0.05) is 24.3 Å². The van der Waals surface area contributed by atoms with Crippen LogP contribution in [0, 0.1) is 11.3 Å². The zero-order valence-electron chi connectivity index (χ0n) is 16.6. The Kier molecular flexibility index (Phi) is 7.57. The van der Waals surface area contributed by atoms with E-state index < -0.39 is 0 Å². The highest BCUT2D eigenvalue weighted by molar-refractivity contribution is 5.46. The fourth-order valence-corrected chi connectivity index (χ4v) is 3.52. The molecule has 1 saturated heterocycles. The van der Waals surface area contributed by atoms with Crippen molar-refractivity contribution in [3.05, 3.63) is 54.1 Å². The highest BCUT2D eigenvalue weighted by Crippen LogP contribution is 2.28. The van der Waals surface area contributed by atoms with E-state index in [-0.39, 0.29) is 0 Å². The first-order chi connectivity index (χ1) is 13.8. The molecule has 1 aliphatic rings. The first kappa shape index (κ1) is 20.0. The molecule has 1 heterocycles. The highest BCUT2D eigenvalue weighted by atomic mass is 16.5. The number of hydrogen-bond donors (Lipinski definition) is 1. The molecule has 5 nitrogen and oxygen atoms in total. The topological polar surface area (TPSA) is 57.5 Å². The van der Waals surface area contributed by atoms with Crippen LogP contribution in [0.5, 0.6) is 11.5 Å². The minimum atomic E-state index is 0.505. The Morgan fingerprint density at radius 2 is 1.89 bits per heavy atom. The van der Waals surface area contributed by atoms with Crippen LogP contribution in [0.4, 0.5) is 5.69 Å². The number of para-hydroxylation sites is 1. The van der Waals surface area contributed by atoms with Crippen LogP contribution in [0.15, 0.2) is 48.5 Å². The molecule has 28 heavy (non-hydrogen) atoms. The molecule has 1 aliphatic heterocycles. The van der Waals surface area contributed by atoms with E-state index in [1.165, 1.54) is 11.3 Å². The summed E-state index contributed by atoms with van der Waals surface area (Å²) in [6.45, 7) is 3.50. The number of unbranched alkanes of at least 4 members (excludes halogenated alkanes) is 1. The first-order valence-electron chi connectivity index (χ1n) is 10.00. The van der Waals surface area contributed by atoms with Crippen LogP contribution in [0.3, 0.4) is 0 Å². The summed E-state index contributed by atoms with van der Waals surface area (Å²) in [5.74, 6) is 1.48. The highest BCUT2D eigenvalue weighted by Gasteiger charge is 2.19. The van der Waals surface area contributed by atoms with Gasteiger partial charge in [0.25, 0.3) is 0 Å². The Bertz CT molecular complexity index is 765. The predicted molar refractivity (Wildman–Crippen MR) is 112 cm³/mol. The molecule has 0 atom stereocenters. The SMILES string of the molecule is COc1ccc(CNC2CCN(c3ccccc3)CC2)cc1OCCCC#N. The fraction of sp³-hybridized carbons (Fsp3) is 0.435. The summed E-state index contributed by atoms with van der Waals surface area (Å²) in [5, 5.41) is 12.3. The van der Waals surface area contributed by atoms with Crippen LogP contribution in [-0.4, -0.2) is 32.8 Å². The van der Waals surface area contributed by atoms with E-state index in [0.717, 1.165) is 50.4 Å². The van der Waals surface area contributed by atoms with Crippen LogP contribution >= 0.6 is 0 Å². The molecule has 0 amide bonds. The lowest BCUT2D eigenvalue weighted by atomic mass is 10.0. The van der Waals surface area contributed by atoms with Crippen molar-refractivity contribution in [1.29, 1.82) is 5.26 Å². The first-order valence-corrected chi connectivity index (χ1v) is 10.00. The van der Waals surface area contributed by atoms with Gasteiger partial charge in [0, 0.05) is 37.8 Å². The summed E-state index contributed by atoms with van der Waals surface area (Å²) in [6, 6.07) is 19.4. The quantitative estimate of drug-likeness (QED) is 0.664. The minimum absolute atomic E-state index is 0.505. The summed E-state index contributed by atoms with van der Waals surface area (Å²) in [5.41, 5.74) is 2.50. The van der Waals surface area contributed by atoms with Gasteiger partial charge in [-0.25, -0.2) is 0 Å². The summed E-state index contributed by atoms with van der Waals surface area (Å²) in [4.78, 5) is 2.46. The van der Waals surface area contributed by atoms with E-state index in [4.69, 9.17) is 14.7 Å². The molecule has 2 aromatic rings. The number of hydrogen-bond acceptors (Lipinski definition) is 5. The van der Waals surface area contributed by atoms with Gasteiger partial charge in [-0.15, -0.1) is 0 Å². The Morgan fingerprint density at radius 1 is 1.11 bits per heavy atom. The third-order valence-corrected chi connectivity index (χ3v) is 5.13. The van der Waals surface area contributed by atoms with Crippen LogP contribution < -0.4 is 19.7 Å². The van der Waals surface area contributed by atoms with Gasteiger partial charge in [-0.05, 0) is 49.1 Å². The van der Waals surface area contributed by atoms with Crippen LogP contribution in [0.1, 0.15) is 31.2 Å².